The van der Waals surface area contributed by atoms with Crippen molar-refractivity contribution in [3.05, 3.63) is 95.6 Å². The average Bonchev–Trinajstić information content (AvgIpc) is 2.83. The van der Waals surface area contributed by atoms with Gasteiger partial charge in [-0.2, -0.15) is 13.2 Å². The van der Waals surface area contributed by atoms with E-state index in [1.54, 1.807) is 14.2 Å². The summed E-state index contributed by atoms with van der Waals surface area (Å²) in [4.78, 5) is 15.0. The lowest BCUT2D eigenvalue weighted by atomic mass is 10.0. The molecule has 1 N–H and O–H groups in total. The fourth-order valence-corrected chi connectivity index (χ4v) is 3.81. The lowest BCUT2D eigenvalue weighted by molar-refractivity contribution is -0.137. The largest absolute Gasteiger partial charge is 0.495 e. The third kappa shape index (κ3) is 6.06. The van der Waals surface area contributed by atoms with Gasteiger partial charge >= 0.3 is 6.18 Å². The molecule has 0 spiro atoms. The number of alkyl halides is 3. The molecule has 3 rings (SSSR count). The van der Waals surface area contributed by atoms with E-state index in [4.69, 9.17) is 4.74 Å². The number of benzene rings is 3. The average molecular weight is 457 g/mol. The molecule has 0 saturated carbocycles. The molecule has 7 heteroatoms. The fourth-order valence-electron chi connectivity index (χ4n) is 3.81. The number of nitrogens with zero attached hydrogens (tertiary/aromatic N) is 1. The molecule has 3 aromatic carbocycles. The Morgan fingerprint density at radius 2 is 1.61 bits per heavy atom. The summed E-state index contributed by atoms with van der Waals surface area (Å²) < 4.78 is 44.1. The molecular formula is C26H27F3N2O2. The van der Waals surface area contributed by atoms with Gasteiger partial charge in [-0.05, 0) is 48.2 Å². The van der Waals surface area contributed by atoms with Crippen molar-refractivity contribution in [1.82, 2.24) is 5.32 Å². The smallest absolute Gasteiger partial charge is 0.416 e. The summed E-state index contributed by atoms with van der Waals surface area (Å²) in [6.45, 7) is 0.494. The van der Waals surface area contributed by atoms with E-state index in [2.05, 4.69) is 5.32 Å². The summed E-state index contributed by atoms with van der Waals surface area (Å²) in [5, 5.41) is 2.75. The Bertz CT molecular complexity index is 1040. The molecule has 0 aromatic heterocycles. The lowest BCUT2D eigenvalue weighted by Gasteiger charge is -2.34. The third-order valence-electron chi connectivity index (χ3n) is 5.46. The third-order valence-corrected chi connectivity index (χ3v) is 5.46. The molecule has 0 saturated heterocycles. The molecule has 0 bridgehead atoms. The number of methoxy groups -OCH3 is 1. The van der Waals surface area contributed by atoms with Gasteiger partial charge in [0.2, 0.25) is 5.91 Å². The predicted molar refractivity (Wildman–Crippen MR) is 123 cm³/mol. The molecule has 1 amide bonds. The molecule has 4 nitrogen and oxygen atoms in total. The Morgan fingerprint density at radius 1 is 0.970 bits per heavy atom. The van der Waals surface area contributed by atoms with Gasteiger partial charge in [0, 0.05) is 13.6 Å². The molecule has 0 aliphatic rings. The fraction of sp³-hybridized carbons (Fsp3) is 0.269. The van der Waals surface area contributed by atoms with Crippen LogP contribution < -0.4 is 15.0 Å². The van der Waals surface area contributed by atoms with Crippen molar-refractivity contribution in [1.29, 1.82) is 0 Å². The molecule has 33 heavy (non-hydrogen) atoms. The van der Waals surface area contributed by atoms with Crippen molar-refractivity contribution in [2.45, 2.75) is 25.1 Å². The maximum Gasteiger partial charge on any atom is 0.416 e. The van der Waals surface area contributed by atoms with E-state index >= 15 is 0 Å². The second-order valence-electron chi connectivity index (χ2n) is 7.59. The molecule has 1 atom stereocenters. The minimum atomic E-state index is -4.35. The standard InChI is InChI=1S/C26H27F3N2O2/c1-30-25(32)24(20-10-4-3-5-11-20)31(22-12-6-7-13-23(22)33-2)18-8-9-19-14-16-21(17-15-19)26(27,28)29/h3-7,10-17,24H,8-9,18H2,1-2H3,(H,30,32). The van der Waals surface area contributed by atoms with Gasteiger partial charge < -0.3 is 15.0 Å². The summed E-state index contributed by atoms with van der Waals surface area (Å²) in [5.74, 6) is 0.471. The minimum Gasteiger partial charge on any atom is -0.495 e. The van der Waals surface area contributed by atoms with Gasteiger partial charge in [-0.25, -0.2) is 0 Å². The van der Waals surface area contributed by atoms with E-state index in [1.807, 2.05) is 59.5 Å². The van der Waals surface area contributed by atoms with Gasteiger partial charge in [0.1, 0.15) is 11.8 Å². The van der Waals surface area contributed by atoms with Crippen LogP contribution in [0.3, 0.4) is 0 Å². The molecule has 0 radical (unpaired) electrons. The van der Waals surface area contributed by atoms with E-state index < -0.39 is 17.8 Å². The zero-order chi connectivity index (χ0) is 23.8. The SMILES string of the molecule is CNC(=O)C(c1ccccc1)N(CCCc1ccc(C(F)(F)F)cc1)c1ccccc1OC. The highest BCUT2D eigenvalue weighted by atomic mass is 19.4. The molecular weight excluding hydrogens is 429 g/mol. The highest BCUT2D eigenvalue weighted by Gasteiger charge is 2.30. The van der Waals surface area contributed by atoms with Crippen LogP contribution in [0.15, 0.2) is 78.9 Å². The highest BCUT2D eigenvalue weighted by Crippen LogP contribution is 2.35. The second-order valence-corrected chi connectivity index (χ2v) is 7.59. The number of amides is 1. The first kappa shape index (κ1) is 24.2. The zero-order valence-corrected chi connectivity index (χ0v) is 18.6. The van der Waals surface area contributed by atoms with Crippen molar-refractivity contribution in [2.24, 2.45) is 0 Å². The first-order valence-electron chi connectivity index (χ1n) is 10.7. The normalized spacial score (nSPS) is 12.2. The Kier molecular flexibility index (Phi) is 7.98. The number of carbonyl (C=O) groups excluding carboxylic acids is 1. The number of nitrogens with one attached hydrogen (secondary N) is 1. The van der Waals surface area contributed by atoms with E-state index in [-0.39, 0.29) is 5.91 Å². The summed E-state index contributed by atoms with van der Waals surface area (Å²) in [6, 6.07) is 21.6. The number of carbonyl (C=O) groups is 1. The molecule has 1 unspecified atom stereocenters. The van der Waals surface area contributed by atoms with Crippen molar-refractivity contribution in [3.8, 4) is 5.75 Å². The topological polar surface area (TPSA) is 41.6 Å². The summed E-state index contributed by atoms with van der Waals surface area (Å²) >= 11 is 0. The Labute approximate surface area is 192 Å². The monoisotopic (exact) mass is 456 g/mol. The summed E-state index contributed by atoms with van der Waals surface area (Å²) in [7, 11) is 3.18. The van der Waals surface area contributed by atoms with Crippen LogP contribution in [0, 0.1) is 0 Å². The number of hydrogen-bond acceptors (Lipinski definition) is 3. The van der Waals surface area contributed by atoms with Crippen LogP contribution in [-0.2, 0) is 17.4 Å². The van der Waals surface area contributed by atoms with Gasteiger partial charge in [0.25, 0.3) is 0 Å². The number of hydrogen-bond donors (Lipinski definition) is 1. The number of ether oxygens (including phenoxy) is 1. The number of rotatable bonds is 9. The van der Waals surface area contributed by atoms with Gasteiger partial charge in [-0.1, -0.05) is 54.6 Å². The minimum absolute atomic E-state index is 0.165. The maximum atomic E-state index is 13.0. The van der Waals surface area contributed by atoms with E-state index in [1.165, 1.54) is 12.1 Å². The van der Waals surface area contributed by atoms with Crippen LogP contribution in [0.25, 0.3) is 0 Å². The second kappa shape index (κ2) is 10.9. The van der Waals surface area contributed by atoms with Crippen LogP contribution in [0.5, 0.6) is 5.75 Å². The van der Waals surface area contributed by atoms with Crippen molar-refractivity contribution < 1.29 is 22.7 Å². The lowest BCUT2D eigenvalue weighted by Crippen LogP contribution is -2.40. The number of para-hydroxylation sites is 2. The number of likely N-dealkylation sites (N-methyl/N-ethyl adjacent to an activating group) is 1. The Morgan fingerprint density at radius 3 is 2.21 bits per heavy atom. The van der Waals surface area contributed by atoms with E-state index in [0.717, 1.165) is 28.9 Å². The molecule has 3 aromatic rings. The summed E-state index contributed by atoms with van der Waals surface area (Å²) in [6.07, 6.45) is -3.15. The van der Waals surface area contributed by atoms with Gasteiger partial charge in [-0.15, -0.1) is 0 Å². The number of halogens is 3. The quantitative estimate of drug-likeness (QED) is 0.453. The Hall–Kier alpha value is -3.48. The van der Waals surface area contributed by atoms with Crippen LogP contribution in [-0.4, -0.2) is 26.6 Å². The van der Waals surface area contributed by atoms with Crippen LogP contribution >= 0.6 is 0 Å². The first-order valence-corrected chi connectivity index (χ1v) is 10.7. The van der Waals surface area contributed by atoms with Crippen LogP contribution in [0.2, 0.25) is 0 Å². The molecule has 0 aliphatic carbocycles. The predicted octanol–water partition coefficient (Wildman–Crippen LogP) is 5.64. The molecule has 0 fully saturated rings. The van der Waals surface area contributed by atoms with Gasteiger partial charge in [0.05, 0.1) is 18.4 Å². The van der Waals surface area contributed by atoms with E-state index in [9.17, 15) is 18.0 Å². The van der Waals surface area contributed by atoms with Crippen molar-refractivity contribution >= 4 is 11.6 Å². The summed E-state index contributed by atoms with van der Waals surface area (Å²) in [5.41, 5.74) is 1.74. The number of anilines is 1. The van der Waals surface area contributed by atoms with Crippen LogP contribution in [0.4, 0.5) is 18.9 Å². The molecule has 174 valence electrons. The van der Waals surface area contributed by atoms with Crippen LogP contribution in [0.1, 0.15) is 29.2 Å². The van der Waals surface area contributed by atoms with Gasteiger partial charge in [-0.3, -0.25) is 4.79 Å². The first-order chi connectivity index (χ1) is 15.8. The van der Waals surface area contributed by atoms with Crippen molar-refractivity contribution in [2.75, 3.05) is 25.6 Å². The Balaban J connectivity index is 1.88. The number of aryl methyl sites for hydroxylation is 1. The van der Waals surface area contributed by atoms with Gasteiger partial charge in [0.15, 0.2) is 0 Å². The highest BCUT2D eigenvalue weighted by molar-refractivity contribution is 5.87. The van der Waals surface area contributed by atoms with Crippen molar-refractivity contribution in [3.63, 3.8) is 0 Å². The maximum absolute atomic E-state index is 13.0. The molecule has 0 aliphatic heterocycles. The zero-order valence-electron chi connectivity index (χ0n) is 18.6. The molecule has 0 heterocycles. The van der Waals surface area contributed by atoms with E-state index in [0.29, 0.717) is 25.1 Å².